The summed E-state index contributed by atoms with van der Waals surface area (Å²) in [6, 6.07) is 5.74. The quantitative estimate of drug-likeness (QED) is 0.935. The summed E-state index contributed by atoms with van der Waals surface area (Å²) in [5.41, 5.74) is 0.642. The first kappa shape index (κ1) is 13.7. The Hall–Kier alpha value is -1.72. The van der Waals surface area contributed by atoms with Gasteiger partial charge in [0.2, 0.25) is 0 Å². The van der Waals surface area contributed by atoms with Gasteiger partial charge < -0.3 is 10.0 Å². The van der Waals surface area contributed by atoms with Gasteiger partial charge in [0.05, 0.1) is 18.5 Å². The first-order chi connectivity index (χ1) is 9.06. The monoisotopic (exact) mass is 281 g/mol. The Balaban J connectivity index is 2.06. The van der Waals surface area contributed by atoms with E-state index in [4.69, 9.17) is 11.6 Å². The fourth-order valence-electron chi connectivity index (χ4n) is 1.66. The van der Waals surface area contributed by atoms with Gasteiger partial charge in [-0.2, -0.15) is 0 Å². The highest BCUT2D eigenvalue weighted by molar-refractivity contribution is 6.29. The van der Waals surface area contributed by atoms with E-state index in [2.05, 4.69) is 9.97 Å². The standard InChI is InChI=1S/C13H13ClFN3O/c1-18(13-7-16-6-12(14)17-13)8-11(19)9-2-4-10(15)5-3-9/h2-7,11,19H,8H2,1H3. The van der Waals surface area contributed by atoms with Crippen LogP contribution in [0.4, 0.5) is 10.2 Å². The van der Waals surface area contributed by atoms with Gasteiger partial charge in [-0.05, 0) is 17.7 Å². The molecule has 1 unspecified atom stereocenters. The predicted molar refractivity (Wildman–Crippen MR) is 71.7 cm³/mol. The number of halogens is 2. The minimum Gasteiger partial charge on any atom is -0.387 e. The van der Waals surface area contributed by atoms with Crippen LogP contribution in [0.3, 0.4) is 0 Å². The largest absolute Gasteiger partial charge is 0.387 e. The van der Waals surface area contributed by atoms with E-state index in [0.717, 1.165) is 0 Å². The average molecular weight is 282 g/mol. The van der Waals surface area contributed by atoms with E-state index in [1.807, 2.05) is 0 Å². The van der Waals surface area contributed by atoms with Crippen LogP contribution in [-0.4, -0.2) is 28.7 Å². The molecule has 2 rings (SSSR count). The van der Waals surface area contributed by atoms with E-state index < -0.39 is 6.10 Å². The highest BCUT2D eigenvalue weighted by Gasteiger charge is 2.12. The first-order valence-electron chi connectivity index (χ1n) is 5.68. The Labute approximate surface area is 115 Å². The summed E-state index contributed by atoms with van der Waals surface area (Å²) in [7, 11) is 1.77. The maximum Gasteiger partial charge on any atom is 0.149 e. The SMILES string of the molecule is CN(CC(O)c1ccc(F)cc1)c1cncc(Cl)n1. The Morgan fingerprint density at radius 3 is 2.63 bits per heavy atom. The number of nitrogens with zero attached hydrogens (tertiary/aromatic N) is 3. The van der Waals surface area contributed by atoms with Crippen molar-refractivity contribution in [2.75, 3.05) is 18.5 Å². The zero-order valence-corrected chi connectivity index (χ0v) is 11.0. The van der Waals surface area contributed by atoms with Crippen LogP contribution in [0.1, 0.15) is 11.7 Å². The predicted octanol–water partition coefficient (Wildman–Crippen LogP) is 2.44. The summed E-state index contributed by atoms with van der Waals surface area (Å²) >= 11 is 5.76. The molecule has 1 atom stereocenters. The number of aliphatic hydroxyl groups is 1. The van der Waals surface area contributed by atoms with E-state index in [9.17, 15) is 9.50 Å². The molecule has 0 spiro atoms. The molecule has 0 aliphatic heterocycles. The normalized spacial score (nSPS) is 12.2. The maximum absolute atomic E-state index is 12.8. The fraction of sp³-hybridized carbons (Fsp3) is 0.231. The molecule has 6 heteroatoms. The number of anilines is 1. The van der Waals surface area contributed by atoms with Crippen molar-refractivity contribution in [3.8, 4) is 0 Å². The number of aliphatic hydroxyl groups excluding tert-OH is 1. The van der Waals surface area contributed by atoms with Crippen molar-refractivity contribution in [1.82, 2.24) is 9.97 Å². The van der Waals surface area contributed by atoms with Crippen molar-refractivity contribution in [3.05, 3.63) is 53.2 Å². The fourth-order valence-corrected chi connectivity index (χ4v) is 1.80. The number of hydrogen-bond donors (Lipinski definition) is 1. The summed E-state index contributed by atoms with van der Waals surface area (Å²) in [6.07, 6.45) is 2.25. The van der Waals surface area contributed by atoms with Gasteiger partial charge in [-0.3, -0.25) is 4.98 Å². The van der Waals surface area contributed by atoms with Gasteiger partial charge in [0, 0.05) is 13.6 Å². The molecular formula is C13H13ClFN3O. The molecule has 0 amide bonds. The van der Waals surface area contributed by atoms with E-state index >= 15 is 0 Å². The van der Waals surface area contributed by atoms with Crippen LogP contribution in [0.2, 0.25) is 5.15 Å². The second kappa shape index (κ2) is 5.95. The first-order valence-corrected chi connectivity index (χ1v) is 6.06. The number of aromatic nitrogens is 2. The number of likely N-dealkylation sites (N-methyl/N-ethyl adjacent to an activating group) is 1. The van der Waals surface area contributed by atoms with Crippen LogP contribution < -0.4 is 4.90 Å². The third-order valence-corrected chi connectivity index (χ3v) is 2.87. The Kier molecular flexibility index (Phi) is 4.29. The lowest BCUT2D eigenvalue weighted by Gasteiger charge is -2.21. The minimum atomic E-state index is -0.744. The zero-order chi connectivity index (χ0) is 13.8. The Morgan fingerprint density at radius 1 is 1.32 bits per heavy atom. The van der Waals surface area contributed by atoms with Crippen LogP contribution in [0, 0.1) is 5.82 Å². The molecule has 19 heavy (non-hydrogen) atoms. The van der Waals surface area contributed by atoms with E-state index in [1.165, 1.54) is 18.3 Å². The van der Waals surface area contributed by atoms with Crippen molar-refractivity contribution < 1.29 is 9.50 Å². The van der Waals surface area contributed by atoms with Gasteiger partial charge in [-0.25, -0.2) is 9.37 Å². The highest BCUT2D eigenvalue weighted by atomic mass is 35.5. The molecule has 1 aromatic carbocycles. The van der Waals surface area contributed by atoms with E-state index in [-0.39, 0.29) is 5.82 Å². The molecular weight excluding hydrogens is 269 g/mol. The molecule has 1 aromatic heterocycles. The van der Waals surface area contributed by atoms with Gasteiger partial charge in [0.1, 0.15) is 16.8 Å². The summed E-state index contributed by atoms with van der Waals surface area (Å²) in [6.45, 7) is 0.306. The van der Waals surface area contributed by atoms with Crippen molar-refractivity contribution in [1.29, 1.82) is 0 Å². The number of hydrogen-bond acceptors (Lipinski definition) is 4. The van der Waals surface area contributed by atoms with Crippen molar-refractivity contribution in [3.63, 3.8) is 0 Å². The Morgan fingerprint density at radius 2 is 2.00 bits per heavy atom. The summed E-state index contributed by atoms with van der Waals surface area (Å²) in [4.78, 5) is 9.75. The molecule has 0 aliphatic rings. The number of rotatable bonds is 4. The second-order valence-electron chi connectivity index (χ2n) is 4.15. The van der Waals surface area contributed by atoms with E-state index in [0.29, 0.717) is 23.1 Å². The molecule has 0 saturated heterocycles. The summed E-state index contributed by atoms with van der Waals surface area (Å²) < 4.78 is 12.8. The average Bonchev–Trinajstić information content (AvgIpc) is 2.39. The third kappa shape index (κ3) is 3.62. The van der Waals surface area contributed by atoms with Crippen LogP contribution >= 0.6 is 11.6 Å². The second-order valence-corrected chi connectivity index (χ2v) is 4.54. The van der Waals surface area contributed by atoms with Gasteiger partial charge in [-0.1, -0.05) is 23.7 Å². The van der Waals surface area contributed by atoms with Gasteiger partial charge in [0.25, 0.3) is 0 Å². The molecule has 0 bridgehead atoms. The van der Waals surface area contributed by atoms with E-state index in [1.54, 1.807) is 30.3 Å². The van der Waals surface area contributed by atoms with Crippen molar-refractivity contribution >= 4 is 17.4 Å². The third-order valence-electron chi connectivity index (χ3n) is 2.69. The highest BCUT2D eigenvalue weighted by Crippen LogP contribution is 2.18. The molecule has 4 nitrogen and oxygen atoms in total. The molecule has 0 aliphatic carbocycles. The van der Waals surface area contributed by atoms with Gasteiger partial charge in [0.15, 0.2) is 0 Å². The summed E-state index contributed by atoms with van der Waals surface area (Å²) in [5.74, 6) is 0.235. The minimum absolute atomic E-state index is 0.292. The van der Waals surface area contributed by atoms with Crippen LogP contribution in [0.15, 0.2) is 36.7 Å². The molecule has 1 N–H and O–H groups in total. The van der Waals surface area contributed by atoms with Crippen LogP contribution in [0.5, 0.6) is 0 Å². The van der Waals surface area contributed by atoms with Crippen molar-refractivity contribution in [2.24, 2.45) is 0 Å². The van der Waals surface area contributed by atoms with Crippen LogP contribution in [-0.2, 0) is 0 Å². The molecule has 0 saturated carbocycles. The molecule has 100 valence electrons. The van der Waals surface area contributed by atoms with Gasteiger partial charge >= 0.3 is 0 Å². The molecule has 0 radical (unpaired) electrons. The molecule has 1 heterocycles. The molecule has 0 fully saturated rings. The lowest BCUT2D eigenvalue weighted by atomic mass is 10.1. The number of benzene rings is 1. The lowest BCUT2D eigenvalue weighted by Crippen LogP contribution is -2.25. The summed E-state index contributed by atoms with van der Waals surface area (Å²) in [5, 5.41) is 10.4. The maximum atomic E-state index is 12.8. The molecule has 2 aromatic rings. The Bertz CT molecular complexity index is 550. The lowest BCUT2D eigenvalue weighted by molar-refractivity contribution is 0.184. The topological polar surface area (TPSA) is 49.2 Å². The van der Waals surface area contributed by atoms with Crippen molar-refractivity contribution in [2.45, 2.75) is 6.10 Å². The van der Waals surface area contributed by atoms with Crippen LogP contribution in [0.25, 0.3) is 0 Å². The van der Waals surface area contributed by atoms with Gasteiger partial charge in [-0.15, -0.1) is 0 Å². The smallest absolute Gasteiger partial charge is 0.149 e. The zero-order valence-electron chi connectivity index (χ0n) is 10.3.